The van der Waals surface area contributed by atoms with E-state index in [1.165, 1.54) is 11.1 Å². The van der Waals surface area contributed by atoms with Crippen LogP contribution in [0.25, 0.3) is 0 Å². The van der Waals surface area contributed by atoms with Gasteiger partial charge in [-0.1, -0.05) is 24.3 Å². The van der Waals surface area contributed by atoms with E-state index in [9.17, 15) is 4.79 Å². The lowest BCUT2D eigenvalue weighted by molar-refractivity contribution is -0.134. The molecule has 1 aliphatic heterocycles. The number of amides is 1. The van der Waals surface area contributed by atoms with E-state index < -0.39 is 0 Å². The zero-order valence-corrected chi connectivity index (χ0v) is 12.4. The molecule has 3 N–H and O–H groups in total. The van der Waals surface area contributed by atoms with Crippen molar-refractivity contribution < 1.29 is 9.53 Å². The summed E-state index contributed by atoms with van der Waals surface area (Å²) in [7, 11) is 0. The van der Waals surface area contributed by atoms with Crippen LogP contribution in [0.1, 0.15) is 36.6 Å². The molecule has 3 atom stereocenters. The molecule has 1 fully saturated rings. The Kier molecular flexibility index (Phi) is 4.24. The van der Waals surface area contributed by atoms with Crippen LogP contribution < -0.4 is 11.1 Å². The average Bonchev–Trinajstić information content (AvgIpc) is 2.85. The number of nitrogens with one attached hydrogen (secondary N) is 1. The van der Waals surface area contributed by atoms with Crippen molar-refractivity contribution in [2.24, 2.45) is 5.73 Å². The van der Waals surface area contributed by atoms with E-state index >= 15 is 0 Å². The van der Waals surface area contributed by atoms with E-state index in [1.807, 2.05) is 19.1 Å². The molecular formula is C16H23N3O2. The fourth-order valence-electron chi connectivity index (χ4n) is 3.47. The molecule has 1 aromatic rings. The van der Waals surface area contributed by atoms with Crippen molar-refractivity contribution in [2.45, 2.75) is 31.5 Å². The second-order valence-corrected chi connectivity index (χ2v) is 5.71. The number of rotatable bonds is 3. The highest BCUT2D eigenvalue weighted by Gasteiger charge is 2.39. The quantitative estimate of drug-likeness (QED) is 0.870. The fourth-order valence-corrected chi connectivity index (χ4v) is 3.47. The summed E-state index contributed by atoms with van der Waals surface area (Å²) in [4.78, 5) is 14.6. The summed E-state index contributed by atoms with van der Waals surface area (Å²) in [6.45, 7) is 4.48. The molecule has 3 rings (SSSR count). The number of hydrogen-bond donors (Lipinski definition) is 2. The van der Waals surface area contributed by atoms with Crippen LogP contribution >= 0.6 is 0 Å². The first-order chi connectivity index (χ1) is 10.2. The second kappa shape index (κ2) is 6.13. The molecule has 0 saturated carbocycles. The highest BCUT2D eigenvalue weighted by molar-refractivity contribution is 5.82. The maximum Gasteiger partial charge on any atom is 0.239 e. The number of carbonyl (C=O) groups is 1. The lowest BCUT2D eigenvalue weighted by Gasteiger charge is -2.39. The predicted molar refractivity (Wildman–Crippen MR) is 80.7 cm³/mol. The first-order valence-corrected chi connectivity index (χ1v) is 7.68. The van der Waals surface area contributed by atoms with Gasteiger partial charge in [0.2, 0.25) is 5.91 Å². The fraction of sp³-hybridized carbons (Fsp3) is 0.562. The lowest BCUT2D eigenvalue weighted by atomic mass is 10.0. The molecule has 21 heavy (non-hydrogen) atoms. The Morgan fingerprint density at radius 3 is 2.95 bits per heavy atom. The molecule has 1 amide bonds. The van der Waals surface area contributed by atoms with Gasteiger partial charge in [-0.15, -0.1) is 0 Å². The number of benzene rings is 1. The first kappa shape index (κ1) is 14.5. The summed E-state index contributed by atoms with van der Waals surface area (Å²) in [6, 6.07) is 8.37. The molecule has 3 unspecified atom stereocenters. The molecule has 0 aromatic heterocycles. The molecule has 2 aliphatic rings. The van der Waals surface area contributed by atoms with E-state index in [4.69, 9.17) is 10.5 Å². The van der Waals surface area contributed by atoms with E-state index in [-0.39, 0.29) is 24.0 Å². The molecule has 114 valence electrons. The summed E-state index contributed by atoms with van der Waals surface area (Å²) >= 11 is 0. The largest absolute Gasteiger partial charge is 0.378 e. The van der Waals surface area contributed by atoms with Crippen molar-refractivity contribution in [3.05, 3.63) is 35.4 Å². The Labute approximate surface area is 125 Å². The van der Waals surface area contributed by atoms with Crippen molar-refractivity contribution >= 4 is 5.91 Å². The molecular weight excluding hydrogens is 266 g/mol. The number of likely N-dealkylation sites (N-methyl/N-ethyl adjacent to an activating group) is 1. The van der Waals surface area contributed by atoms with Gasteiger partial charge in [-0.3, -0.25) is 9.69 Å². The number of carbonyl (C=O) groups excluding carboxylic acids is 1. The average molecular weight is 289 g/mol. The van der Waals surface area contributed by atoms with Gasteiger partial charge < -0.3 is 15.8 Å². The summed E-state index contributed by atoms with van der Waals surface area (Å²) < 4.78 is 5.52. The van der Waals surface area contributed by atoms with Crippen molar-refractivity contribution in [1.29, 1.82) is 0 Å². The molecule has 0 bridgehead atoms. The first-order valence-electron chi connectivity index (χ1n) is 7.68. The molecule has 1 saturated heterocycles. The highest BCUT2D eigenvalue weighted by atomic mass is 16.5. The Morgan fingerprint density at radius 2 is 2.19 bits per heavy atom. The number of nitrogens with two attached hydrogens (primary N) is 1. The summed E-state index contributed by atoms with van der Waals surface area (Å²) in [5.74, 6) is 0.0511. The van der Waals surface area contributed by atoms with Gasteiger partial charge in [0.25, 0.3) is 0 Å². The lowest BCUT2D eigenvalue weighted by Crippen LogP contribution is -2.54. The number of fused-ring (bicyclic) bond motifs is 1. The van der Waals surface area contributed by atoms with Crippen molar-refractivity contribution in [2.75, 3.05) is 26.3 Å². The highest BCUT2D eigenvalue weighted by Crippen LogP contribution is 2.42. The van der Waals surface area contributed by atoms with Gasteiger partial charge in [-0.25, -0.2) is 0 Å². The summed E-state index contributed by atoms with van der Waals surface area (Å²) in [6.07, 6.45) is 0.870. The smallest absolute Gasteiger partial charge is 0.239 e. The van der Waals surface area contributed by atoms with Gasteiger partial charge in [0.05, 0.1) is 13.2 Å². The third-order valence-corrected chi connectivity index (χ3v) is 4.46. The second-order valence-electron chi connectivity index (χ2n) is 5.71. The maximum atomic E-state index is 12.3. The van der Waals surface area contributed by atoms with Crippen molar-refractivity contribution in [1.82, 2.24) is 10.2 Å². The van der Waals surface area contributed by atoms with E-state index in [0.717, 1.165) is 13.0 Å². The SMILES string of the molecule is CCNC(=O)C1COCCN1C1CC(N)c2ccccc21. The normalized spacial score (nSPS) is 29.1. The van der Waals surface area contributed by atoms with E-state index in [1.54, 1.807) is 0 Å². The zero-order chi connectivity index (χ0) is 14.8. The minimum absolute atomic E-state index is 0.0511. The monoisotopic (exact) mass is 289 g/mol. The van der Waals surface area contributed by atoms with Crippen LogP contribution in [0.4, 0.5) is 0 Å². The molecule has 5 heteroatoms. The van der Waals surface area contributed by atoms with E-state index in [2.05, 4.69) is 22.3 Å². The Balaban J connectivity index is 1.86. The number of hydrogen-bond acceptors (Lipinski definition) is 4. The minimum Gasteiger partial charge on any atom is -0.378 e. The van der Waals surface area contributed by atoms with Crippen molar-refractivity contribution in [3.63, 3.8) is 0 Å². The number of nitrogens with zero attached hydrogens (tertiary/aromatic N) is 1. The van der Waals surface area contributed by atoms with Gasteiger partial charge in [0.15, 0.2) is 0 Å². The summed E-state index contributed by atoms with van der Waals surface area (Å²) in [5.41, 5.74) is 8.74. The third-order valence-electron chi connectivity index (χ3n) is 4.46. The summed E-state index contributed by atoms with van der Waals surface area (Å²) in [5, 5.41) is 2.91. The number of morpholine rings is 1. The molecule has 1 heterocycles. The Bertz CT molecular complexity index is 520. The van der Waals surface area contributed by atoms with Gasteiger partial charge in [0, 0.05) is 25.2 Å². The molecule has 1 aliphatic carbocycles. The van der Waals surface area contributed by atoms with Gasteiger partial charge >= 0.3 is 0 Å². The third kappa shape index (κ3) is 2.69. The standard InChI is InChI=1S/C16H23N3O2/c1-2-18-16(20)15-10-21-8-7-19(15)14-9-13(17)11-5-3-4-6-12(11)14/h3-6,13-15H,2,7-10,17H2,1H3,(H,18,20). The van der Waals surface area contributed by atoms with Crippen LogP contribution in [0.2, 0.25) is 0 Å². The van der Waals surface area contributed by atoms with Crippen LogP contribution in [0.3, 0.4) is 0 Å². The number of ether oxygens (including phenoxy) is 1. The van der Waals surface area contributed by atoms with Crippen LogP contribution in [-0.2, 0) is 9.53 Å². The molecule has 0 spiro atoms. The molecule has 1 aromatic carbocycles. The zero-order valence-electron chi connectivity index (χ0n) is 12.4. The van der Waals surface area contributed by atoms with Gasteiger partial charge in [0.1, 0.15) is 6.04 Å². The van der Waals surface area contributed by atoms with Crippen LogP contribution in [0.15, 0.2) is 24.3 Å². The molecule has 0 radical (unpaired) electrons. The van der Waals surface area contributed by atoms with Crippen LogP contribution in [0, 0.1) is 0 Å². The molecule has 5 nitrogen and oxygen atoms in total. The van der Waals surface area contributed by atoms with Crippen molar-refractivity contribution in [3.8, 4) is 0 Å². The van der Waals surface area contributed by atoms with E-state index in [0.29, 0.717) is 19.8 Å². The topological polar surface area (TPSA) is 67.6 Å². The minimum atomic E-state index is -0.220. The maximum absolute atomic E-state index is 12.3. The van der Waals surface area contributed by atoms with Gasteiger partial charge in [-0.2, -0.15) is 0 Å². The predicted octanol–water partition coefficient (Wildman–Crippen LogP) is 0.968. The van der Waals surface area contributed by atoms with Crippen LogP contribution in [-0.4, -0.2) is 43.2 Å². The van der Waals surface area contributed by atoms with Gasteiger partial charge in [-0.05, 0) is 24.5 Å². The Morgan fingerprint density at radius 1 is 1.43 bits per heavy atom. The van der Waals surface area contributed by atoms with Crippen LogP contribution in [0.5, 0.6) is 0 Å². The Hall–Kier alpha value is -1.43.